The van der Waals surface area contributed by atoms with Crippen LogP contribution in [-0.2, 0) is 12.8 Å². The lowest BCUT2D eigenvalue weighted by Gasteiger charge is -2.29. The summed E-state index contributed by atoms with van der Waals surface area (Å²) in [6.07, 6.45) is 12.1. The van der Waals surface area contributed by atoms with Crippen LogP contribution in [-0.4, -0.2) is 23.2 Å². The Bertz CT molecular complexity index is 947. The molecule has 0 aliphatic carbocycles. The van der Waals surface area contributed by atoms with E-state index in [0.29, 0.717) is 12.4 Å². The van der Waals surface area contributed by atoms with E-state index in [1.807, 2.05) is 6.92 Å². The Morgan fingerprint density at radius 3 is 2.42 bits per heavy atom. The first-order valence-electron chi connectivity index (χ1n) is 11.1. The van der Waals surface area contributed by atoms with E-state index in [1.165, 1.54) is 22.4 Å². The van der Waals surface area contributed by atoms with Crippen molar-refractivity contribution in [3.05, 3.63) is 77.2 Å². The Morgan fingerprint density at radius 1 is 1.16 bits per heavy atom. The van der Waals surface area contributed by atoms with Crippen molar-refractivity contribution in [2.75, 3.05) is 11.4 Å². The number of benzene rings is 1. The molecule has 0 aliphatic rings. The molecule has 4 heteroatoms. The van der Waals surface area contributed by atoms with E-state index in [0.717, 1.165) is 42.8 Å². The molecular formula is C27H36N4. The molecule has 4 nitrogen and oxygen atoms in total. The van der Waals surface area contributed by atoms with Crippen LogP contribution in [0.25, 0.3) is 0 Å². The number of para-hydroxylation sites is 1. The number of rotatable bonds is 11. The van der Waals surface area contributed by atoms with E-state index in [1.54, 1.807) is 6.20 Å². The lowest BCUT2D eigenvalue weighted by atomic mass is 10.0. The first-order valence-corrected chi connectivity index (χ1v) is 11.1. The fourth-order valence-electron chi connectivity index (χ4n) is 3.63. The Kier molecular flexibility index (Phi) is 9.39. The quantitative estimate of drug-likeness (QED) is 0.286. The minimum atomic E-state index is 0.554. The molecule has 0 atom stereocenters. The summed E-state index contributed by atoms with van der Waals surface area (Å²) in [5.41, 5.74) is 7.00. The molecule has 0 saturated heterocycles. The molecule has 0 radical (unpaired) electrons. The van der Waals surface area contributed by atoms with Gasteiger partial charge in [-0.1, -0.05) is 81.3 Å². The van der Waals surface area contributed by atoms with Gasteiger partial charge in [0.25, 0.3) is 0 Å². The van der Waals surface area contributed by atoms with Crippen LogP contribution in [0.3, 0.4) is 0 Å². The number of aromatic nitrogens is 2. The SMILES string of the molecule is C=Nc1ncc(C)nc1N(C/C(C)=C/C=C\C(=C)CCC)c1c(CC)cccc1CC. The van der Waals surface area contributed by atoms with Crippen molar-refractivity contribution in [3.63, 3.8) is 0 Å². The molecule has 0 bridgehead atoms. The predicted molar refractivity (Wildman–Crippen MR) is 135 cm³/mol. The molecule has 0 unspecified atom stereocenters. The average molecular weight is 417 g/mol. The van der Waals surface area contributed by atoms with Crippen LogP contribution in [0.15, 0.2) is 65.3 Å². The molecule has 1 aromatic heterocycles. The molecule has 0 fully saturated rings. The van der Waals surface area contributed by atoms with Crippen molar-refractivity contribution in [2.45, 2.75) is 60.3 Å². The van der Waals surface area contributed by atoms with Crippen molar-refractivity contribution >= 4 is 24.0 Å². The van der Waals surface area contributed by atoms with Crippen LogP contribution in [0.1, 0.15) is 57.4 Å². The van der Waals surface area contributed by atoms with E-state index in [-0.39, 0.29) is 0 Å². The summed E-state index contributed by atoms with van der Waals surface area (Å²) in [5, 5.41) is 0. The number of aliphatic imine (C=N–C) groups is 1. The highest BCUT2D eigenvalue weighted by atomic mass is 15.2. The van der Waals surface area contributed by atoms with Gasteiger partial charge in [-0.2, -0.15) is 0 Å². The molecule has 2 aromatic rings. The Labute approximate surface area is 188 Å². The summed E-state index contributed by atoms with van der Waals surface area (Å²) in [5.74, 6) is 1.30. The molecule has 1 heterocycles. The zero-order chi connectivity index (χ0) is 22.8. The van der Waals surface area contributed by atoms with Crippen LogP contribution in [0, 0.1) is 6.92 Å². The van der Waals surface area contributed by atoms with Crippen LogP contribution in [0.4, 0.5) is 17.3 Å². The monoisotopic (exact) mass is 416 g/mol. The largest absolute Gasteiger partial charge is 0.319 e. The Hall–Kier alpha value is -3.01. The van der Waals surface area contributed by atoms with Gasteiger partial charge >= 0.3 is 0 Å². The van der Waals surface area contributed by atoms with E-state index in [9.17, 15) is 0 Å². The lowest BCUT2D eigenvalue weighted by molar-refractivity contribution is 0.929. The predicted octanol–water partition coefficient (Wildman–Crippen LogP) is 7.24. The molecule has 0 N–H and O–H groups in total. The van der Waals surface area contributed by atoms with Crippen molar-refractivity contribution in [1.29, 1.82) is 0 Å². The molecule has 0 aliphatic heterocycles. The third-order valence-corrected chi connectivity index (χ3v) is 5.19. The minimum absolute atomic E-state index is 0.554. The third kappa shape index (κ3) is 6.48. The second-order valence-corrected chi connectivity index (χ2v) is 7.82. The maximum Gasteiger partial charge on any atom is 0.195 e. The molecular weight excluding hydrogens is 380 g/mol. The fourth-order valence-corrected chi connectivity index (χ4v) is 3.63. The van der Waals surface area contributed by atoms with Gasteiger partial charge in [0.15, 0.2) is 11.6 Å². The van der Waals surface area contributed by atoms with Gasteiger partial charge in [0, 0.05) is 12.2 Å². The van der Waals surface area contributed by atoms with Crippen molar-refractivity contribution in [2.24, 2.45) is 4.99 Å². The topological polar surface area (TPSA) is 41.4 Å². The summed E-state index contributed by atoms with van der Waals surface area (Å²) < 4.78 is 0. The fraction of sp³-hybridized carbons (Fsp3) is 0.370. The lowest BCUT2D eigenvalue weighted by Crippen LogP contribution is -2.24. The van der Waals surface area contributed by atoms with Crippen LogP contribution in [0.2, 0.25) is 0 Å². The van der Waals surface area contributed by atoms with E-state index in [4.69, 9.17) is 4.98 Å². The maximum atomic E-state index is 4.83. The first-order chi connectivity index (χ1) is 14.9. The number of allylic oxidation sites excluding steroid dienone is 4. The van der Waals surface area contributed by atoms with Gasteiger partial charge in [0.05, 0.1) is 11.9 Å². The minimum Gasteiger partial charge on any atom is -0.319 e. The highest BCUT2D eigenvalue weighted by Gasteiger charge is 2.21. The number of hydrogen-bond acceptors (Lipinski definition) is 4. The van der Waals surface area contributed by atoms with Crippen LogP contribution >= 0.6 is 0 Å². The Morgan fingerprint density at radius 2 is 1.84 bits per heavy atom. The smallest absolute Gasteiger partial charge is 0.195 e. The zero-order valence-corrected chi connectivity index (χ0v) is 19.8. The molecule has 2 rings (SSSR count). The molecule has 0 spiro atoms. The average Bonchev–Trinajstić information content (AvgIpc) is 2.77. The second-order valence-electron chi connectivity index (χ2n) is 7.82. The summed E-state index contributed by atoms with van der Waals surface area (Å²) in [6.45, 7) is 19.2. The maximum absolute atomic E-state index is 4.83. The van der Waals surface area contributed by atoms with Crippen molar-refractivity contribution in [3.8, 4) is 0 Å². The van der Waals surface area contributed by atoms with Gasteiger partial charge in [0.2, 0.25) is 0 Å². The van der Waals surface area contributed by atoms with E-state index < -0.39 is 0 Å². The highest BCUT2D eigenvalue weighted by Crippen LogP contribution is 2.36. The van der Waals surface area contributed by atoms with E-state index in [2.05, 4.69) is 92.3 Å². The van der Waals surface area contributed by atoms with Crippen molar-refractivity contribution in [1.82, 2.24) is 9.97 Å². The third-order valence-electron chi connectivity index (χ3n) is 5.19. The van der Waals surface area contributed by atoms with E-state index >= 15 is 0 Å². The van der Waals surface area contributed by atoms with Gasteiger partial charge in [-0.3, -0.25) is 0 Å². The highest BCUT2D eigenvalue weighted by molar-refractivity contribution is 5.74. The van der Waals surface area contributed by atoms with Crippen LogP contribution < -0.4 is 4.90 Å². The first kappa shape index (κ1) is 24.3. The van der Waals surface area contributed by atoms with Gasteiger partial charge in [-0.25, -0.2) is 15.0 Å². The number of nitrogens with zero attached hydrogens (tertiary/aromatic N) is 4. The standard InChI is InChI=1S/C27H36N4/c1-8-13-20(4)14-11-15-21(5)19-31(27-26(28-7)29-18-22(6)30-27)25-23(9-2)16-12-17-24(25)10-3/h11-12,14-18H,4,7-10,13,19H2,1-3,5-6H3/b14-11-,21-15+. The van der Waals surface area contributed by atoms with Gasteiger partial charge in [-0.15, -0.1) is 0 Å². The number of hydrogen-bond donors (Lipinski definition) is 0. The number of anilines is 2. The molecule has 164 valence electrons. The van der Waals surface area contributed by atoms with Crippen molar-refractivity contribution < 1.29 is 0 Å². The van der Waals surface area contributed by atoms with Gasteiger partial charge < -0.3 is 4.90 Å². The van der Waals surface area contributed by atoms with Gasteiger partial charge in [-0.05, 0) is 51.0 Å². The molecule has 0 saturated carbocycles. The Balaban J connectivity index is 2.57. The molecule has 0 amide bonds. The zero-order valence-electron chi connectivity index (χ0n) is 19.8. The molecule has 31 heavy (non-hydrogen) atoms. The summed E-state index contributed by atoms with van der Waals surface area (Å²) in [7, 11) is 0. The van der Waals surface area contributed by atoms with Gasteiger partial charge in [0.1, 0.15) is 0 Å². The van der Waals surface area contributed by atoms with Crippen LogP contribution in [0.5, 0.6) is 0 Å². The summed E-state index contributed by atoms with van der Waals surface area (Å²) >= 11 is 0. The summed E-state index contributed by atoms with van der Waals surface area (Å²) in [6, 6.07) is 6.53. The second kappa shape index (κ2) is 12.0. The summed E-state index contributed by atoms with van der Waals surface area (Å²) in [4.78, 5) is 15.7. The number of aryl methyl sites for hydroxylation is 3. The molecule has 1 aromatic carbocycles. The normalized spacial score (nSPS) is 11.7.